The molecule has 6 heteroatoms. The second-order valence-corrected chi connectivity index (χ2v) is 7.56. The molecule has 0 atom stereocenters. The van der Waals surface area contributed by atoms with E-state index < -0.39 is 5.91 Å². The third-order valence-corrected chi connectivity index (χ3v) is 5.89. The van der Waals surface area contributed by atoms with Gasteiger partial charge in [0.1, 0.15) is 5.00 Å². The summed E-state index contributed by atoms with van der Waals surface area (Å²) in [6.07, 6.45) is 8.44. The predicted octanol–water partition coefficient (Wildman–Crippen LogP) is 3.83. The number of hydrogen-bond acceptors (Lipinski definition) is 4. The second-order valence-electron chi connectivity index (χ2n) is 5.47. The number of amides is 2. The highest BCUT2D eigenvalue weighted by Crippen LogP contribution is 2.37. The molecule has 0 aromatic carbocycles. The average Bonchev–Trinajstić information content (AvgIpc) is 3.08. The summed E-state index contributed by atoms with van der Waals surface area (Å²) < 4.78 is 0. The Kier molecular flexibility index (Phi) is 4.93. The van der Waals surface area contributed by atoms with Gasteiger partial charge in [0.2, 0.25) is 5.91 Å². The minimum Gasteiger partial charge on any atom is -0.365 e. The van der Waals surface area contributed by atoms with Crippen molar-refractivity contribution in [1.29, 1.82) is 0 Å². The third-order valence-electron chi connectivity index (χ3n) is 3.85. The minimum absolute atomic E-state index is 0.239. The smallest absolute Gasteiger partial charge is 0.251 e. The first kappa shape index (κ1) is 16.0. The fourth-order valence-corrected chi connectivity index (χ4v) is 4.70. The summed E-state index contributed by atoms with van der Waals surface area (Å²) in [6.45, 7) is 0. The number of fused-ring (bicyclic) bond motifs is 1. The summed E-state index contributed by atoms with van der Waals surface area (Å²) in [5.74, 6) is -0.695. The summed E-state index contributed by atoms with van der Waals surface area (Å²) in [5, 5.41) is 5.37. The van der Waals surface area contributed by atoms with E-state index in [1.165, 1.54) is 28.7 Å². The Morgan fingerprint density at radius 2 is 2.04 bits per heavy atom. The molecule has 0 saturated carbocycles. The SMILES string of the molecule is NC(=O)c1c(NC(=O)C=Cc2cccs2)sc2c1CCCCC2. The molecule has 2 aromatic rings. The molecule has 2 aromatic heterocycles. The first-order valence-corrected chi connectivity index (χ1v) is 9.31. The number of primary amides is 1. The van der Waals surface area contributed by atoms with E-state index in [1.54, 1.807) is 17.4 Å². The zero-order valence-corrected chi connectivity index (χ0v) is 14.3. The van der Waals surface area contributed by atoms with Gasteiger partial charge >= 0.3 is 0 Å². The van der Waals surface area contributed by atoms with Crippen LogP contribution in [0.25, 0.3) is 6.08 Å². The summed E-state index contributed by atoms with van der Waals surface area (Å²) >= 11 is 3.06. The van der Waals surface area contributed by atoms with Gasteiger partial charge in [-0.2, -0.15) is 0 Å². The van der Waals surface area contributed by atoms with Crippen LogP contribution in [0.2, 0.25) is 0 Å². The summed E-state index contributed by atoms with van der Waals surface area (Å²) in [4.78, 5) is 26.2. The highest BCUT2D eigenvalue weighted by molar-refractivity contribution is 7.17. The van der Waals surface area contributed by atoms with Crippen molar-refractivity contribution in [1.82, 2.24) is 0 Å². The van der Waals surface area contributed by atoms with Gasteiger partial charge in [0.25, 0.3) is 5.91 Å². The molecule has 2 heterocycles. The molecule has 4 nitrogen and oxygen atoms in total. The minimum atomic E-state index is -0.457. The van der Waals surface area contributed by atoms with E-state index in [-0.39, 0.29) is 5.91 Å². The Hall–Kier alpha value is -1.92. The van der Waals surface area contributed by atoms with Gasteiger partial charge in [0, 0.05) is 15.8 Å². The Balaban J connectivity index is 1.82. The summed E-state index contributed by atoms with van der Waals surface area (Å²) in [7, 11) is 0. The molecule has 3 rings (SSSR count). The number of hydrogen-bond donors (Lipinski definition) is 2. The van der Waals surface area contributed by atoms with Crippen molar-refractivity contribution in [2.75, 3.05) is 5.32 Å². The third kappa shape index (κ3) is 3.71. The van der Waals surface area contributed by atoms with E-state index in [1.807, 2.05) is 17.5 Å². The highest BCUT2D eigenvalue weighted by Gasteiger charge is 2.23. The topological polar surface area (TPSA) is 72.2 Å². The van der Waals surface area contributed by atoms with Crippen LogP contribution in [0.1, 0.15) is 44.9 Å². The number of rotatable bonds is 4. The van der Waals surface area contributed by atoms with Crippen molar-refractivity contribution in [2.45, 2.75) is 32.1 Å². The zero-order chi connectivity index (χ0) is 16.2. The number of nitrogens with two attached hydrogens (primary N) is 1. The monoisotopic (exact) mass is 346 g/mol. The van der Waals surface area contributed by atoms with Crippen LogP contribution in [0.5, 0.6) is 0 Å². The molecule has 3 N–H and O–H groups in total. The Morgan fingerprint density at radius 3 is 2.78 bits per heavy atom. The fourth-order valence-electron chi connectivity index (χ4n) is 2.79. The molecule has 0 aliphatic heterocycles. The molecule has 23 heavy (non-hydrogen) atoms. The van der Waals surface area contributed by atoms with Gasteiger partial charge < -0.3 is 11.1 Å². The van der Waals surface area contributed by atoms with Crippen LogP contribution in [-0.2, 0) is 17.6 Å². The predicted molar refractivity (Wildman–Crippen MR) is 96.1 cm³/mol. The van der Waals surface area contributed by atoms with Crippen LogP contribution in [0.15, 0.2) is 23.6 Å². The molecular formula is C17H18N2O2S2. The van der Waals surface area contributed by atoms with Crippen LogP contribution >= 0.6 is 22.7 Å². The van der Waals surface area contributed by atoms with E-state index >= 15 is 0 Å². The lowest BCUT2D eigenvalue weighted by molar-refractivity contribution is -0.111. The summed E-state index contributed by atoms with van der Waals surface area (Å²) in [5.41, 5.74) is 7.10. The molecule has 0 saturated heterocycles. The lowest BCUT2D eigenvalue weighted by atomic mass is 10.1. The van der Waals surface area contributed by atoms with E-state index in [0.717, 1.165) is 36.1 Å². The van der Waals surface area contributed by atoms with E-state index in [2.05, 4.69) is 5.32 Å². The van der Waals surface area contributed by atoms with E-state index in [0.29, 0.717) is 10.6 Å². The van der Waals surface area contributed by atoms with Gasteiger partial charge in [-0.05, 0) is 48.8 Å². The Morgan fingerprint density at radius 1 is 1.22 bits per heavy atom. The van der Waals surface area contributed by atoms with Crippen LogP contribution < -0.4 is 11.1 Å². The Bertz CT molecular complexity index is 745. The van der Waals surface area contributed by atoms with E-state index in [4.69, 9.17) is 5.73 Å². The molecule has 0 fully saturated rings. The van der Waals surface area contributed by atoms with Crippen molar-refractivity contribution in [2.24, 2.45) is 5.73 Å². The number of nitrogens with one attached hydrogen (secondary N) is 1. The summed E-state index contributed by atoms with van der Waals surface area (Å²) in [6, 6.07) is 3.88. The van der Waals surface area contributed by atoms with Crippen molar-refractivity contribution >= 4 is 45.6 Å². The standard InChI is InChI=1S/C17H18N2O2S2/c18-16(21)15-12-6-2-1-3-7-13(12)23-17(15)19-14(20)9-8-11-5-4-10-22-11/h4-5,8-10H,1-3,6-7H2,(H2,18,21)(H,19,20). The van der Waals surface area contributed by atoms with E-state index in [9.17, 15) is 9.59 Å². The lowest BCUT2D eigenvalue weighted by Gasteiger charge is -2.04. The molecule has 0 unspecified atom stereocenters. The molecule has 0 bridgehead atoms. The van der Waals surface area contributed by atoms with Crippen LogP contribution in [0.3, 0.4) is 0 Å². The molecule has 1 aliphatic rings. The fraction of sp³-hybridized carbons (Fsp3) is 0.294. The van der Waals surface area contributed by atoms with Crippen LogP contribution in [0.4, 0.5) is 5.00 Å². The first-order valence-electron chi connectivity index (χ1n) is 7.62. The number of thiophene rings is 2. The number of aryl methyl sites for hydroxylation is 1. The van der Waals surface area contributed by atoms with Gasteiger partial charge in [-0.1, -0.05) is 12.5 Å². The van der Waals surface area contributed by atoms with Crippen molar-refractivity contribution in [3.63, 3.8) is 0 Å². The van der Waals surface area contributed by atoms with Gasteiger partial charge in [0.05, 0.1) is 5.56 Å². The van der Waals surface area contributed by atoms with Gasteiger partial charge in [0.15, 0.2) is 0 Å². The molecular weight excluding hydrogens is 328 g/mol. The molecule has 1 aliphatic carbocycles. The lowest BCUT2D eigenvalue weighted by Crippen LogP contribution is -2.16. The molecule has 0 spiro atoms. The van der Waals surface area contributed by atoms with Crippen molar-refractivity contribution in [3.05, 3.63) is 44.5 Å². The van der Waals surface area contributed by atoms with Gasteiger partial charge in [-0.3, -0.25) is 9.59 Å². The number of carbonyl (C=O) groups excluding carboxylic acids is 2. The van der Waals surface area contributed by atoms with Crippen LogP contribution in [0, 0.1) is 0 Å². The Labute approximate surface area is 143 Å². The normalized spacial score (nSPS) is 14.4. The van der Waals surface area contributed by atoms with Gasteiger partial charge in [-0.25, -0.2) is 0 Å². The maximum Gasteiger partial charge on any atom is 0.251 e. The molecule has 0 radical (unpaired) electrons. The largest absolute Gasteiger partial charge is 0.365 e. The average molecular weight is 346 g/mol. The maximum absolute atomic E-state index is 12.1. The number of carbonyl (C=O) groups is 2. The van der Waals surface area contributed by atoms with Crippen LogP contribution in [-0.4, -0.2) is 11.8 Å². The quantitative estimate of drug-likeness (QED) is 0.652. The highest BCUT2D eigenvalue weighted by atomic mass is 32.1. The molecule has 2 amide bonds. The zero-order valence-electron chi connectivity index (χ0n) is 12.6. The van der Waals surface area contributed by atoms with Gasteiger partial charge in [-0.15, -0.1) is 22.7 Å². The number of anilines is 1. The second kappa shape index (κ2) is 7.10. The molecule has 120 valence electrons. The maximum atomic E-state index is 12.1. The van der Waals surface area contributed by atoms with Crippen molar-refractivity contribution in [3.8, 4) is 0 Å². The van der Waals surface area contributed by atoms with Crippen molar-refractivity contribution < 1.29 is 9.59 Å². The first-order chi connectivity index (χ1) is 11.1.